The van der Waals surface area contributed by atoms with Crippen molar-refractivity contribution in [1.29, 1.82) is 0 Å². The summed E-state index contributed by atoms with van der Waals surface area (Å²) >= 11 is 0. The van der Waals surface area contributed by atoms with Crippen LogP contribution in [-0.4, -0.2) is 52.6 Å². The highest BCUT2D eigenvalue weighted by Gasteiger charge is 2.24. The Kier molecular flexibility index (Phi) is 7.50. The molecule has 0 saturated carbocycles. The number of hydrogen-bond acceptors (Lipinski definition) is 6. The lowest BCUT2D eigenvalue weighted by Gasteiger charge is -2.25. The van der Waals surface area contributed by atoms with Crippen LogP contribution in [0.4, 0.5) is 8.78 Å². The molecule has 0 bridgehead atoms. The Bertz CT molecular complexity index is 1230. The van der Waals surface area contributed by atoms with Crippen LogP contribution >= 0.6 is 0 Å². The van der Waals surface area contributed by atoms with Crippen molar-refractivity contribution < 1.29 is 18.4 Å². The molecule has 3 N–H and O–H groups in total. The predicted octanol–water partition coefficient (Wildman–Crippen LogP) is 4.83. The van der Waals surface area contributed by atoms with Gasteiger partial charge in [0.1, 0.15) is 24.0 Å². The van der Waals surface area contributed by atoms with Gasteiger partial charge in [0.05, 0.1) is 24.5 Å². The lowest BCUT2D eigenvalue weighted by molar-refractivity contribution is -0.276. The number of aromatic nitrogens is 3. The lowest BCUT2D eigenvalue weighted by atomic mass is 10.1. The van der Waals surface area contributed by atoms with Gasteiger partial charge in [-0.25, -0.2) is 13.8 Å². The maximum atomic E-state index is 13.8. The molecule has 0 radical (unpaired) electrons. The van der Waals surface area contributed by atoms with Crippen molar-refractivity contribution in [2.45, 2.75) is 12.8 Å². The van der Waals surface area contributed by atoms with E-state index in [1.807, 2.05) is 36.4 Å². The maximum absolute atomic E-state index is 13.8. The average molecular weight is 480 g/mol. The number of hydroxylamine groups is 2. The molecule has 7 nitrogen and oxygen atoms in total. The quantitative estimate of drug-likeness (QED) is 0.317. The van der Waals surface area contributed by atoms with Gasteiger partial charge in [-0.05, 0) is 67.6 Å². The summed E-state index contributed by atoms with van der Waals surface area (Å²) in [6.07, 6.45) is 3.42. The maximum Gasteiger partial charge on any atom is 0.236 e. The Morgan fingerprint density at radius 2 is 1.63 bits per heavy atom. The van der Waals surface area contributed by atoms with E-state index in [1.54, 1.807) is 31.6 Å². The number of aromatic amines is 1. The van der Waals surface area contributed by atoms with Crippen LogP contribution in [0.3, 0.4) is 0 Å². The van der Waals surface area contributed by atoms with Gasteiger partial charge in [0.2, 0.25) is 5.85 Å². The molecule has 0 aliphatic heterocycles. The number of halogens is 2. The molecule has 1 unspecified atom stereocenters. The van der Waals surface area contributed by atoms with Crippen molar-refractivity contribution in [2.75, 3.05) is 26.7 Å². The molecule has 0 amide bonds. The largest absolute Gasteiger partial charge is 0.492 e. The minimum Gasteiger partial charge on any atom is -0.492 e. The highest BCUT2D eigenvalue weighted by Crippen LogP contribution is 2.33. The van der Waals surface area contributed by atoms with Crippen molar-refractivity contribution >= 4 is 0 Å². The van der Waals surface area contributed by atoms with Crippen molar-refractivity contribution in [3.05, 3.63) is 78.9 Å². The molecule has 2 heterocycles. The minimum atomic E-state index is -1.92. The topological polar surface area (TPSA) is 89.3 Å². The van der Waals surface area contributed by atoms with E-state index in [4.69, 9.17) is 20.3 Å². The lowest BCUT2D eigenvalue weighted by Crippen LogP contribution is -2.40. The first-order valence-electron chi connectivity index (χ1n) is 11.1. The molecule has 4 rings (SSSR count). The Morgan fingerprint density at radius 1 is 0.971 bits per heavy atom. The van der Waals surface area contributed by atoms with Gasteiger partial charge in [0.15, 0.2) is 0 Å². The minimum absolute atomic E-state index is 0.238. The summed E-state index contributed by atoms with van der Waals surface area (Å²) < 4.78 is 33.1. The summed E-state index contributed by atoms with van der Waals surface area (Å²) in [4.78, 5) is 17.4. The van der Waals surface area contributed by atoms with Crippen molar-refractivity contribution in [3.8, 4) is 39.7 Å². The van der Waals surface area contributed by atoms with E-state index in [-0.39, 0.29) is 12.4 Å². The van der Waals surface area contributed by atoms with Gasteiger partial charge in [0, 0.05) is 36.1 Å². The molecule has 0 spiro atoms. The first-order chi connectivity index (χ1) is 16.8. The number of ether oxygens (including phenoxy) is 1. The first-order valence-corrected chi connectivity index (χ1v) is 11.1. The smallest absolute Gasteiger partial charge is 0.236 e. The SMILES string of the molecule is CN(CCOc1ccc(-c2nc(-c3ccc(F)cc3)c(-c3ccncc3)[nH]2)cc1)OC(C)(F)CN. The number of benzene rings is 2. The van der Waals surface area contributed by atoms with Gasteiger partial charge in [-0.15, -0.1) is 0 Å². The van der Waals surface area contributed by atoms with Crippen molar-refractivity contribution in [1.82, 2.24) is 20.0 Å². The number of H-pyrrole nitrogens is 1. The molecule has 0 aliphatic carbocycles. The van der Waals surface area contributed by atoms with Crippen LogP contribution in [0.25, 0.3) is 33.9 Å². The number of pyridine rings is 1. The second kappa shape index (κ2) is 10.7. The second-order valence-corrected chi connectivity index (χ2v) is 8.17. The predicted molar refractivity (Wildman–Crippen MR) is 130 cm³/mol. The Labute approximate surface area is 202 Å². The fourth-order valence-electron chi connectivity index (χ4n) is 3.46. The first kappa shape index (κ1) is 24.5. The second-order valence-electron chi connectivity index (χ2n) is 8.17. The molecular weight excluding hydrogens is 452 g/mol. The van der Waals surface area contributed by atoms with Crippen LogP contribution in [0.5, 0.6) is 5.75 Å². The summed E-state index contributed by atoms with van der Waals surface area (Å²) in [5.74, 6) is -0.897. The third-order valence-corrected chi connectivity index (χ3v) is 5.30. The Hall–Kier alpha value is -3.66. The number of hydrogen-bond donors (Lipinski definition) is 2. The molecule has 1 atom stereocenters. The normalized spacial score (nSPS) is 13.1. The summed E-state index contributed by atoms with van der Waals surface area (Å²) in [6.45, 7) is 1.70. The third kappa shape index (κ3) is 6.27. The zero-order chi connectivity index (χ0) is 24.8. The van der Waals surface area contributed by atoms with E-state index in [2.05, 4.69) is 9.97 Å². The fraction of sp³-hybridized carbons (Fsp3) is 0.231. The van der Waals surface area contributed by atoms with Crippen LogP contribution in [0, 0.1) is 5.82 Å². The third-order valence-electron chi connectivity index (χ3n) is 5.30. The van der Waals surface area contributed by atoms with E-state index in [0.717, 1.165) is 22.4 Å². The summed E-state index contributed by atoms with van der Waals surface area (Å²) in [6, 6.07) is 17.5. The van der Waals surface area contributed by atoms with Gasteiger partial charge >= 0.3 is 0 Å². The number of nitrogens with one attached hydrogen (secondary N) is 1. The van der Waals surface area contributed by atoms with Crippen LogP contribution in [-0.2, 0) is 4.84 Å². The number of alkyl halides is 1. The summed E-state index contributed by atoms with van der Waals surface area (Å²) in [7, 11) is 1.62. The fourth-order valence-corrected chi connectivity index (χ4v) is 3.46. The molecule has 9 heteroatoms. The van der Waals surface area contributed by atoms with Gasteiger partial charge in [-0.3, -0.25) is 9.82 Å². The van der Waals surface area contributed by atoms with Gasteiger partial charge in [0.25, 0.3) is 0 Å². The molecule has 35 heavy (non-hydrogen) atoms. The molecule has 0 aliphatic rings. The molecular formula is C26H27F2N5O2. The van der Waals surface area contributed by atoms with E-state index in [1.165, 1.54) is 24.1 Å². The number of rotatable bonds is 10. The van der Waals surface area contributed by atoms with E-state index >= 15 is 0 Å². The zero-order valence-corrected chi connectivity index (χ0v) is 19.5. The monoisotopic (exact) mass is 479 g/mol. The molecule has 0 fully saturated rings. The molecule has 2 aromatic heterocycles. The van der Waals surface area contributed by atoms with Crippen LogP contribution in [0.2, 0.25) is 0 Å². The standard InChI is InChI=1S/C26H27F2N5O2/c1-26(28,17-29)35-33(2)15-16-34-22-9-5-20(6-10-22)25-31-23(18-3-7-21(27)8-4-18)24(32-25)19-11-13-30-14-12-19/h3-14H,15-17,29H2,1-2H3,(H,31,32). The van der Waals surface area contributed by atoms with Gasteiger partial charge in [-0.2, -0.15) is 5.06 Å². The molecule has 4 aromatic rings. The van der Waals surface area contributed by atoms with Crippen LogP contribution in [0.1, 0.15) is 6.92 Å². The van der Waals surface area contributed by atoms with Crippen molar-refractivity contribution in [2.24, 2.45) is 5.73 Å². The Balaban J connectivity index is 1.50. The van der Waals surface area contributed by atoms with Crippen LogP contribution in [0.15, 0.2) is 73.1 Å². The average Bonchev–Trinajstić information content (AvgIpc) is 3.31. The van der Waals surface area contributed by atoms with E-state index in [0.29, 0.717) is 30.4 Å². The molecule has 0 saturated heterocycles. The van der Waals surface area contributed by atoms with Gasteiger partial charge < -0.3 is 15.5 Å². The van der Waals surface area contributed by atoms with E-state index in [9.17, 15) is 8.78 Å². The van der Waals surface area contributed by atoms with Gasteiger partial charge in [-0.1, -0.05) is 0 Å². The number of likely N-dealkylation sites (N-methyl/N-ethyl adjacent to an activating group) is 1. The summed E-state index contributed by atoms with van der Waals surface area (Å²) in [5.41, 5.74) is 9.44. The van der Waals surface area contributed by atoms with Crippen molar-refractivity contribution in [3.63, 3.8) is 0 Å². The number of nitrogens with zero attached hydrogens (tertiary/aromatic N) is 3. The zero-order valence-electron chi connectivity index (χ0n) is 19.5. The number of imidazole rings is 1. The van der Waals surface area contributed by atoms with Crippen LogP contribution < -0.4 is 10.5 Å². The highest BCUT2D eigenvalue weighted by molar-refractivity contribution is 5.81. The number of nitrogens with two attached hydrogens (primary N) is 1. The highest BCUT2D eigenvalue weighted by atomic mass is 19.2. The summed E-state index contributed by atoms with van der Waals surface area (Å²) in [5, 5.41) is 1.36. The molecule has 2 aromatic carbocycles. The van der Waals surface area contributed by atoms with E-state index < -0.39 is 5.85 Å². The Morgan fingerprint density at radius 3 is 2.29 bits per heavy atom. The molecule has 182 valence electrons.